The molecule has 3 rings (SSSR count). The van der Waals surface area contributed by atoms with Gasteiger partial charge in [-0.15, -0.1) is 0 Å². The van der Waals surface area contributed by atoms with Crippen molar-refractivity contribution in [2.75, 3.05) is 33.3 Å². The minimum atomic E-state index is -0.0558. The summed E-state index contributed by atoms with van der Waals surface area (Å²) in [5.41, 5.74) is 0.628. The van der Waals surface area contributed by atoms with Gasteiger partial charge in [0.15, 0.2) is 17.1 Å². The average Bonchev–Trinajstić information content (AvgIpc) is 2.91. The fraction of sp³-hybridized carbons (Fsp3) is 0.357. The van der Waals surface area contributed by atoms with E-state index in [1.54, 1.807) is 18.1 Å². The normalized spacial score (nSPS) is 15.7. The summed E-state index contributed by atoms with van der Waals surface area (Å²) in [5, 5.41) is 4.11. The fourth-order valence-electron chi connectivity index (χ4n) is 2.33. The molecule has 1 saturated heterocycles. The van der Waals surface area contributed by atoms with E-state index in [-0.39, 0.29) is 5.91 Å². The zero-order valence-corrected chi connectivity index (χ0v) is 10.8. The molecule has 0 radical (unpaired) electrons. The highest BCUT2D eigenvalue weighted by molar-refractivity contribution is 5.97. The molecule has 1 aromatic carbocycles. The number of carbonyl (C=O) groups excluding carboxylic acids is 1. The van der Waals surface area contributed by atoms with E-state index in [0.29, 0.717) is 30.2 Å². The van der Waals surface area contributed by atoms with Crippen molar-refractivity contribution in [1.82, 2.24) is 10.2 Å². The zero-order valence-electron chi connectivity index (χ0n) is 10.8. The Balaban J connectivity index is 1.94. The summed E-state index contributed by atoms with van der Waals surface area (Å²) < 4.78 is 10.9. The van der Waals surface area contributed by atoms with Crippen molar-refractivity contribution in [2.24, 2.45) is 0 Å². The quantitative estimate of drug-likeness (QED) is 0.888. The van der Waals surface area contributed by atoms with Crippen LogP contribution in [0.2, 0.25) is 0 Å². The van der Waals surface area contributed by atoms with Crippen molar-refractivity contribution < 1.29 is 13.9 Å². The predicted octanol–water partition coefficient (Wildman–Crippen LogP) is 1.49. The van der Waals surface area contributed by atoms with Crippen LogP contribution in [0.3, 0.4) is 0 Å². The van der Waals surface area contributed by atoms with Crippen molar-refractivity contribution >= 4 is 16.9 Å². The molecule has 0 spiro atoms. The Kier molecular flexibility index (Phi) is 3.13. The van der Waals surface area contributed by atoms with Gasteiger partial charge in [0.1, 0.15) is 0 Å². The highest BCUT2D eigenvalue weighted by atomic mass is 16.5. The third-order valence-corrected chi connectivity index (χ3v) is 3.34. The van der Waals surface area contributed by atoms with Gasteiger partial charge in [-0.2, -0.15) is 0 Å². The molecule has 0 atom stereocenters. The number of nitrogens with zero attached hydrogens (tertiary/aromatic N) is 1. The first-order valence-corrected chi connectivity index (χ1v) is 6.36. The van der Waals surface area contributed by atoms with E-state index in [4.69, 9.17) is 9.15 Å². The number of amides is 1. The molecule has 1 N–H and O–H groups in total. The fourth-order valence-corrected chi connectivity index (χ4v) is 2.33. The molecular weight excluding hydrogens is 244 g/mol. The van der Waals surface area contributed by atoms with Gasteiger partial charge in [0.25, 0.3) is 5.91 Å². The Morgan fingerprint density at radius 3 is 2.89 bits per heavy atom. The third-order valence-electron chi connectivity index (χ3n) is 3.34. The molecule has 2 aromatic rings. The standard InChI is InChI=1S/C14H16N2O3/c1-18-11-4-2-3-10-9-12(19-13(10)11)14(17)16-7-5-15-6-8-16/h2-4,9,15H,5-8H2,1H3. The van der Waals surface area contributed by atoms with Crippen LogP contribution >= 0.6 is 0 Å². The maximum Gasteiger partial charge on any atom is 0.289 e. The first-order chi connectivity index (χ1) is 9.29. The Morgan fingerprint density at radius 2 is 2.16 bits per heavy atom. The molecule has 1 aliphatic heterocycles. The second-order valence-corrected chi connectivity index (χ2v) is 4.53. The summed E-state index contributed by atoms with van der Waals surface area (Å²) in [6, 6.07) is 7.40. The number of rotatable bonds is 2. The van der Waals surface area contributed by atoms with Crippen molar-refractivity contribution in [3.05, 3.63) is 30.0 Å². The molecule has 1 aromatic heterocycles. The predicted molar refractivity (Wildman–Crippen MR) is 71.5 cm³/mol. The maximum atomic E-state index is 12.3. The van der Waals surface area contributed by atoms with E-state index in [1.165, 1.54) is 0 Å². The molecule has 19 heavy (non-hydrogen) atoms. The van der Waals surface area contributed by atoms with Gasteiger partial charge >= 0.3 is 0 Å². The Morgan fingerprint density at radius 1 is 1.37 bits per heavy atom. The van der Waals surface area contributed by atoms with Gasteiger partial charge in [0.05, 0.1) is 7.11 Å². The molecule has 0 unspecified atom stereocenters. The number of hydrogen-bond acceptors (Lipinski definition) is 4. The second kappa shape index (κ2) is 4.93. The van der Waals surface area contributed by atoms with Gasteiger partial charge in [-0.05, 0) is 12.1 Å². The number of ether oxygens (including phenoxy) is 1. The minimum absolute atomic E-state index is 0.0558. The topological polar surface area (TPSA) is 54.7 Å². The lowest BCUT2D eigenvalue weighted by molar-refractivity contribution is 0.0706. The molecule has 100 valence electrons. The van der Waals surface area contributed by atoms with E-state index >= 15 is 0 Å². The van der Waals surface area contributed by atoms with Gasteiger partial charge in [-0.25, -0.2) is 0 Å². The summed E-state index contributed by atoms with van der Waals surface area (Å²) in [4.78, 5) is 14.1. The van der Waals surface area contributed by atoms with Crippen molar-refractivity contribution in [1.29, 1.82) is 0 Å². The number of nitrogens with one attached hydrogen (secondary N) is 1. The van der Waals surface area contributed by atoms with Crippen LogP contribution in [0.1, 0.15) is 10.6 Å². The van der Waals surface area contributed by atoms with Gasteiger partial charge in [-0.1, -0.05) is 12.1 Å². The first kappa shape index (κ1) is 12.0. The zero-order chi connectivity index (χ0) is 13.2. The number of methoxy groups -OCH3 is 1. The molecule has 0 saturated carbocycles. The van der Waals surface area contributed by atoms with E-state index in [9.17, 15) is 4.79 Å². The van der Waals surface area contributed by atoms with Gasteiger partial charge in [0.2, 0.25) is 0 Å². The van der Waals surface area contributed by atoms with Crippen molar-refractivity contribution in [3.8, 4) is 5.75 Å². The molecule has 1 amide bonds. The molecule has 1 aliphatic rings. The van der Waals surface area contributed by atoms with Crippen LogP contribution in [-0.2, 0) is 0 Å². The molecular formula is C14H16N2O3. The van der Waals surface area contributed by atoms with Crippen LogP contribution in [0, 0.1) is 0 Å². The molecule has 1 fully saturated rings. The lowest BCUT2D eigenvalue weighted by Crippen LogP contribution is -2.46. The number of fused-ring (bicyclic) bond motifs is 1. The number of furan rings is 1. The number of para-hydroxylation sites is 1. The number of carbonyl (C=O) groups is 1. The van der Waals surface area contributed by atoms with Gasteiger partial charge < -0.3 is 19.4 Å². The average molecular weight is 260 g/mol. The summed E-state index contributed by atoms with van der Waals surface area (Å²) in [6.07, 6.45) is 0. The van der Waals surface area contributed by atoms with Crippen LogP contribution in [-0.4, -0.2) is 44.1 Å². The lowest BCUT2D eigenvalue weighted by Gasteiger charge is -2.26. The summed E-state index contributed by atoms with van der Waals surface area (Å²) in [6.45, 7) is 3.09. The first-order valence-electron chi connectivity index (χ1n) is 6.36. The van der Waals surface area contributed by atoms with Gasteiger partial charge in [0, 0.05) is 31.6 Å². The molecule has 2 heterocycles. The number of hydrogen-bond donors (Lipinski definition) is 1. The SMILES string of the molecule is COc1cccc2cc(C(=O)N3CCNCC3)oc12. The summed E-state index contributed by atoms with van der Waals surface area (Å²) in [7, 11) is 1.59. The largest absolute Gasteiger partial charge is 0.493 e. The molecule has 5 heteroatoms. The van der Waals surface area contributed by atoms with Crippen molar-refractivity contribution in [2.45, 2.75) is 0 Å². The molecule has 0 aliphatic carbocycles. The summed E-state index contributed by atoms with van der Waals surface area (Å²) in [5.74, 6) is 0.970. The Hall–Kier alpha value is -2.01. The Bertz CT molecular complexity index is 600. The number of benzene rings is 1. The Labute approximate surface area is 111 Å². The number of piperazine rings is 1. The van der Waals surface area contributed by atoms with Gasteiger partial charge in [-0.3, -0.25) is 4.79 Å². The smallest absolute Gasteiger partial charge is 0.289 e. The third kappa shape index (κ3) is 2.17. The van der Waals surface area contributed by atoms with Crippen molar-refractivity contribution in [3.63, 3.8) is 0 Å². The van der Waals surface area contributed by atoms with E-state index in [0.717, 1.165) is 18.5 Å². The summed E-state index contributed by atoms with van der Waals surface area (Å²) >= 11 is 0. The van der Waals surface area contributed by atoms with E-state index in [2.05, 4.69) is 5.32 Å². The molecule has 0 bridgehead atoms. The monoisotopic (exact) mass is 260 g/mol. The highest BCUT2D eigenvalue weighted by Gasteiger charge is 2.22. The van der Waals surface area contributed by atoms with Crippen LogP contribution in [0.4, 0.5) is 0 Å². The van der Waals surface area contributed by atoms with E-state index in [1.807, 2.05) is 18.2 Å². The van der Waals surface area contributed by atoms with Crippen LogP contribution in [0.5, 0.6) is 5.75 Å². The van der Waals surface area contributed by atoms with E-state index < -0.39 is 0 Å². The lowest BCUT2D eigenvalue weighted by atomic mass is 10.2. The maximum absolute atomic E-state index is 12.3. The van der Waals surface area contributed by atoms with Crippen LogP contribution in [0.15, 0.2) is 28.7 Å². The highest BCUT2D eigenvalue weighted by Crippen LogP contribution is 2.28. The van der Waals surface area contributed by atoms with Crippen LogP contribution < -0.4 is 10.1 Å². The van der Waals surface area contributed by atoms with Crippen LogP contribution in [0.25, 0.3) is 11.0 Å². The second-order valence-electron chi connectivity index (χ2n) is 4.53. The molecule has 5 nitrogen and oxygen atoms in total. The minimum Gasteiger partial charge on any atom is -0.493 e.